The molecule has 4 nitrogen and oxygen atoms in total. The van der Waals surface area contributed by atoms with Gasteiger partial charge in [0.15, 0.2) is 0 Å². The van der Waals surface area contributed by atoms with Crippen molar-refractivity contribution in [1.82, 2.24) is 9.97 Å². The maximum atomic E-state index is 8.49. The molecule has 0 spiro atoms. The largest absolute Gasteiger partial charge is 0.395 e. The van der Waals surface area contributed by atoms with Gasteiger partial charge in [0.1, 0.15) is 5.82 Å². The average Bonchev–Trinajstić information content (AvgIpc) is 2.01. The predicted octanol–water partition coefficient (Wildman–Crippen LogP) is 0.189. The van der Waals surface area contributed by atoms with Crippen molar-refractivity contribution >= 4 is 5.82 Å². The molecule has 60 valence electrons. The van der Waals surface area contributed by atoms with Crippen molar-refractivity contribution in [3.05, 3.63) is 18.1 Å². The molecule has 0 amide bonds. The monoisotopic (exact) mass is 153 g/mol. The van der Waals surface area contributed by atoms with E-state index in [2.05, 4.69) is 15.3 Å². The molecule has 0 fully saturated rings. The maximum absolute atomic E-state index is 8.49. The second kappa shape index (κ2) is 3.88. The molecule has 2 N–H and O–H groups in total. The highest BCUT2D eigenvalue weighted by Crippen LogP contribution is 1.99. The molecule has 4 heteroatoms. The van der Waals surface area contributed by atoms with Crippen molar-refractivity contribution in [2.75, 3.05) is 18.5 Å². The normalized spacial score (nSPS) is 9.64. The second-order valence-corrected chi connectivity index (χ2v) is 2.20. The van der Waals surface area contributed by atoms with Gasteiger partial charge in [-0.05, 0) is 6.92 Å². The number of nitrogens with one attached hydrogen (secondary N) is 1. The summed E-state index contributed by atoms with van der Waals surface area (Å²) in [5, 5.41) is 11.4. The van der Waals surface area contributed by atoms with E-state index in [-0.39, 0.29) is 6.61 Å². The molecule has 0 aliphatic rings. The fourth-order valence-electron chi connectivity index (χ4n) is 0.733. The fourth-order valence-corrected chi connectivity index (χ4v) is 0.733. The number of anilines is 1. The standard InChI is InChI=1S/C7H11N3O/c1-6-4-8-5-7(10-6)9-2-3-11/h4-5,11H,2-3H2,1H3,(H,9,10). The number of aromatic nitrogens is 2. The highest BCUT2D eigenvalue weighted by atomic mass is 16.3. The lowest BCUT2D eigenvalue weighted by Crippen LogP contribution is -2.07. The second-order valence-electron chi connectivity index (χ2n) is 2.20. The lowest BCUT2D eigenvalue weighted by molar-refractivity contribution is 0.311. The summed E-state index contributed by atoms with van der Waals surface area (Å²) >= 11 is 0. The van der Waals surface area contributed by atoms with Crippen molar-refractivity contribution in [2.24, 2.45) is 0 Å². The van der Waals surface area contributed by atoms with Crippen LogP contribution in [0.4, 0.5) is 5.82 Å². The zero-order valence-corrected chi connectivity index (χ0v) is 6.41. The maximum Gasteiger partial charge on any atom is 0.144 e. The van der Waals surface area contributed by atoms with Gasteiger partial charge in [0, 0.05) is 12.7 Å². The molecule has 0 bridgehead atoms. The molecule has 0 unspecified atom stereocenters. The lowest BCUT2D eigenvalue weighted by atomic mass is 10.5. The van der Waals surface area contributed by atoms with E-state index in [4.69, 9.17) is 5.11 Å². The Hall–Kier alpha value is -1.16. The summed E-state index contributed by atoms with van der Waals surface area (Å²) in [4.78, 5) is 8.06. The first-order chi connectivity index (χ1) is 5.33. The van der Waals surface area contributed by atoms with E-state index >= 15 is 0 Å². The summed E-state index contributed by atoms with van der Waals surface area (Å²) in [6.07, 6.45) is 3.31. The fraction of sp³-hybridized carbons (Fsp3) is 0.429. The van der Waals surface area contributed by atoms with E-state index in [1.165, 1.54) is 0 Å². The van der Waals surface area contributed by atoms with Gasteiger partial charge < -0.3 is 10.4 Å². The predicted molar refractivity (Wildman–Crippen MR) is 42.3 cm³/mol. The minimum absolute atomic E-state index is 0.107. The van der Waals surface area contributed by atoms with Gasteiger partial charge >= 0.3 is 0 Å². The van der Waals surface area contributed by atoms with Crippen molar-refractivity contribution in [3.63, 3.8) is 0 Å². The first kappa shape index (κ1) is 7.94. The van der Waals surface area contributed by atoms with Crippen molar-refractivity contribution in [3.8, 4) is 0 Å². The summed E-state index contributed by atoms with van der Waals surface area (Å²) in [7, 11) is 0. The topological polar surface area (TPSA) is 58.0 Å². The Bertz CT molecular complexity index is 227. The molecular weight excluding hydrogens is 142 g/mol. The summed E-state index contributed by atoms with van der Waals surface area (Å²) in [6.45, 7) is 2.49. The molecule has 1 aromatic heterocycles. The molecule has 0 saturated carbocycles. The molecule has 1 heterocycles. The summed E-state index contributed by atoms with van der Waals surface area (Å²) < 4.78 is 0. The van der Waals surface area contributed by atoms with Crippen molar-refractivity contribution in [2.45, 2.75) is 6.92 Å². The Balaban J connectivity index is 2.56. The average molecular weight is 153 g/mol. The summed E-state index contributed by atoms with van der Waals surface area (Å²) in [5.41, 5.74) is 0.868. The number of aliphatic hydroxyl groups excluding tert-OH is 1. The third-order valence-electron chi connectivity index (χ3n) is 1.17. The zero-order chi connectivity index (χ0) is 8.10. The van der Waals surface area contributed by atoms with E-state index < -0.39 is 0 Å². The highest BCUT2D eigenvalue weighted by molar-refractivity contribution is 5.31. The molecule has 0 saturated heterocycles. The van der Waals surface area contributed by atoms with Gasteiger partial charge in [-0.15, -0.1) is 0 Å². The van der Waals surface area contributed by atoms with Crippen LogP contribution in [0.3, 0.4) is 0 Å². The molecule has 0 aliphatic heterocycles. The number of hydrogen-bond acceptors (Lipinski definition) is 4. The minimum Gasteiger partial charge on any atom is -0.395 e. The van der Waals surface area contributed by atoms with Gasteiger partial charge in [0.2, 0.25) is 0 Å². The Morgan fingerprint density at radius 2 is 2.36 bits per heavy atom. The number of aliphatic hydroxyl groups is 1. The Morgan fingerprint density at radius 3 is 3.00 bits per heavy atom. The van der Waals surface area contributed by atoms with Crippen molar-refractivity contribution < 1.29 is 5.11 Å². The van der Waals surface area contributed by atoms with Gasteiger partial charge in [0.25, 0.3) is 0 Å². The van der Waals surface area contributed by atoms with Gasteiger partial charge in [-0.25, -0.2) is 4.98 Å². The van der Waals surface area contributed by atoms with Crippen LogP contribution in [0, 0.1) is 6.92 Å². The Kier molecular flexibility index (Phi) is 2.80. The van der Waals surface area contributed by atoms with Crippen molar-refractivity contribution in [1.29, 1.82) is 0 Å². The quantitative estimate of drug-likeness (QED) is 0.650. The number of rotatable bonds is 3. The van der Waals surface area contributed by atoms with E-state index in [1.54, 1.807) is 12.4 Å². The molecule has 11 heavy (non-hydrogen) atoms. The van der Waals surface area contributed by atoms with Crippen LogP contribution >= 0.6 is 0 Å². The van der Waals surface area contributed by atoms with Crippen LogP contribution in [0.5, 0.6) is 0 Å². The number of hydrogen-bond donors (Lipinski definition) is 2. The van der Waals surface area contributed by atoms with Crippen LogP contribution in [0.25, 0.3) is 0 Å². The summed E-state index contributed by atoms with van der Waals surface area (Å²) in [5.74, 6) is 0.707. The third kappa shape index (κ3) is 2.51. The first-order valence-electron chi connectivity index (χ1n) is 3.46. The molecule has 1 rings (SSSR count). The highest BCUT2D eigenvalue weighted by Gasteiger charge is 1.91. The molecule has 1 aromatic rings. The lowest BCUT2D eigenvalue weighted by Gasteiger charge is -2.01. The molecule has 0 radical (unpaired) electrons. The smallest absolute Gasteiger partial charge is 0.144 e. The number of aryl methyl sites for hydroxylation is 1. The SMILES string of the molecule is Cc1cncc(NCCO)n1. The zero-order valence-electron chi connectivity index (χ0n) is 6.41. The van der Waals surface area contributed by atoms with Gasteiger partial charge in [-0.3, -0.25) is 4.98 Å². The first-order valence-corrected chi connectivity index (χ1v) is 3.46. The van der Waals surface area contributed by atoms with E-state index in [0.29, 0.717) is 12.4 Å². The molecule has 0 atom stereocenters. The van der Waals surface area contributed by atoms with Gasteiger partial charge in [-0.2, -0.15) is 0 Å². The molecule has 0 aromatic carbocycles. The third-order valence-corrected chi connectivity index (χ3v) is 1.17. The number of nitrogens with zero attached hydrogens (tertiary/aromatic N) is 2. The van der Waals surface area contributed by atoms with E-state index in [9.17, 15) is 0 Å². The molecule has 0 aliphatic carbocycles. The van der Waals surface area contributed by atoms with Crippen LogP contribution in [0.15, 0.2) is 12.4 Å². The van der Waals surface area contributed by atoms with Gasteiger partial charge in [0.05, 0.1) is 18.5 Å². The molecular formula is C7H11N3O. The van der Waals surface area contributed by atoms with Gasteiger partial charge in [-0.1, -0.05) is 0 Å². The van der Waals surface area contributed by atoms with E-state index in [1.807, 2.05) is 6.92 Å². The van der Waals surface area contributed by atoms with Crippen LogP contribution in [-0.4, -0.2) is 28.2 Å². The van der Waals surface area contributed by atoms with Crippen LogP contribution in [0.1, 0.15) is 5.69 Å². The Labute approximate surface area is 65.3 Å². The summed E-state index contributed by atoms with van der Waals surface area (Å²) in [6, 6.07) is 0. The van der Waals surface area contributed by atoms with E-state index in [0.717, 1.165) is 5.69 Å². The van der Waals surface area contributed by atoms with Crippen LogP contribution in [0.2, 0.25) is 0 Å². The van der Waals surface area contributed by atoms with Crippen LogP contribution < -0.4 is 5.32 Å². The Morgan fingerprint density at radius 1 is 1.55 bits per heavy atom. The van der Waals surface area contributed by atoms with Crippen LogP contribution in [-0.2, 0) is 0 Å². The minimum atomic E-state index is 0.107.